The molecule has 3 aromatic carbocycles. The maximum Gasteiger partial charge on any atom is 0.280 e. The summed E-state index contributed by atoms with van der Waals surface area (Å²) in [4.78, 5) is 13.0. The van der Waals surface area contributed by atoms with Crippen LogP contribution < -0.4 is 14.5 Å². The highest BCUT2D eigenvalue weighted by Crippen LogP contribution is 2.38. The minimum atomic E-state index is -0.293. The van der Waals surface area contributed by atoms with Gasteiger partial charge in [-0.25, -0.2) is 4.39 Å². The first-order chi connectivity index (χ1) is 16.0. The fourth-order valence-electron chi connectivity index (χ4n) is 3.41. The summed E-state index contributed by atoms with van der Waals surface area (Å²) >= 11 is 3.56. The van der Waals surface area contributed by atoms with E-state index in [0.29, 0.717) is 39.6 Å². The summed E-state index contributed by atoms with van der Waals surface area (Å²) in [7, 11) is 0. The highest BCUT2D eigenvalue weighted by Gasteiger charge is 2.28. The molecule has 0 atom stereocenters. The van der Waals surface area contributed by atoms with Crippen LogP contribution in [0.1, 0.15) is 25.0 Å². The third-order valence-corrected chi connectivity index (χ3v) is 5.59. The molecule has 7 heteroatoms. The van der Waals surface area contributed by atoms with Gasteiger partial charge in [0.1, 0.15) is 12.4 Å². The van der Waals surface area contributed by atoms with Crippen molar-refractivity contribution in [3.05, 3.63) is 93.7 Å². The zero-order valence-corrected chi connectivity index (χ0v) is 19.8. The van der Waals surface area contributed by atoms with Gasteiger partial charge in [-0.05, 0) is 83.4 Å². The van der Waals surface area contributed by atoms with Crippen molar-refractivity contribution in [2.45, 2.75) is 20.5 Å². The van der Waals surface area contributed by atoms with E-state index in [1.54, 1.807) is 18.2 Å². The van der Waals surface area contributed by atoms with E-state index in [9.17, 15) is 9.18 Å². The highest BCUT2D eigenvalue weighted by molar-refractivity contribution is 9.10. The van der Waals surface area contributed by atoms with Crippen LogP contribution in [-0.2, 0) is 11.4 Å². The third-order valence-electron chi connectivity index (χ3n) is 5.00. The van der Waals surface area contributed by atoms with Crippen molar-refractivity contribution < 1.29 is 18.7 Å². The molecule has 1 aliphatic rings. The summed E-state index contributed by atoms with van der Waals surface area (Å²) in [5.74, 6) is 0.598. The summed E-state index contributed by atoms with van der Waals surface area (Å²) in [6, 6.07) is 19.1. The molecule has 33 heavy (non-hydrogen) atoms. The monoisotopic (exact) mass is 508 g/mol. The molecule has 0 saturated carbocycles. The third kappa shape index (κ3) is 5.14. The molecule has 0 radical (unpaired) electrons. The lowest BCUT2D eigenvalue weighted by atomic mass is 10.1. The second kappa shape index (κ2) is 10.0. The van der Waals surface area contributed by atoms with E-state index in [4.69, 9.17) is 9.47 Å². The predicted molar refractivity (Wildman–Crippen MR) is 131 cm³/mol. The zero-order valence-electron chi connectivity index (χ0n) is 18.2. The van der Waals surface area contributed by atoms with Crippen LogP contribution in [0, 0.1) is 5.82 Å². The number of nitrogens with zero attached hydrogens (tertiary/aromatic N) is 2. The number of hydrazone groups is 1. The van der Waals surface area contributed by atoms with Crippen molar-refractivity contribution in [2.75, 3.05) is 11.6 Å². The lowest BCUT2D eigenvalue weighted by molar-refractivity contribution is -0.114. The van der Waals surface area contributed by atoms with E-state index in [-0.39, 0.29) is 18.3 Å². The number of carbonyl (C=O) groups is 1. The van der Waals surface area contributed by atoms with E-state index in [0.717, 1.165) is 11.1 Å². The Hall–Kier alpha value is -3.45. The summed E-state index contributed by atoms with van der Waals surface area (Å²) in [5.41, 5.74) is 3.46. The number of rotatable bonds is 7. The molecule has 0 bridgehead atoms. The molecule has 1 amide bonds. The topological polar surface area (TPSA) is 51.1 Å². The zero-order chi connectivity index (χ0) is 23.4. The Morgan fingerprint density at radius 2 is 1.79 bits per heavy atom. The first kappa shape index (κ1) is 22.7. The van der Waals surface area contributed by atoms with Gasteiger partial charge >= 0.3 is 0 Å². The molecule has 0 aromatic heterocycles. The van der Waals surface area contributed by atoms with E-state index in [2.05, 4.69) is 21.0 Å². The number of amides is 1. The minimum absolute atomic E-state index is 0.190. The Morgan fingerprint density at radius 3 is 2.48 bits per heavy atom. The van der Waals surface area contributed by atoms with Gasteiger partial charge < -0.3 is 9.47 Å². The first-order valence-corrected chi connectivity index (χ1v) is 11.3. The van der Waals surface area contributed by atoms with Crippen LogP contribution in [0.15, 0.2) is 81.9 Å². The smallest absolute Gasteiger partial charge is 0.280 e. The number of benzene rings is 3. The fraction of sp³-hybridized carbons (Fsp3) is 0.154. The molecular weight excluding hydrogens is 487 g/mol. The van der Waals surface area contributed by atoms with Crippen molar-refractivity contribution in [3.8, 4) is 11.5 Å². The van der Waals surface area contributed by atoms with Crippen molar-refractivity contribution in [2.24, 2.45) is 5.10 Å². The lowest BCUT2D eigenvalue weighted by Crippen LogP contribution is -2.21. The van der Waals surface area contributed by atoms with E-state index >= 15 is 0 Å². The summed E-state index contributed by atoms with van der Waals surface area (Å²) in [6.45, 7) is 4.40. The number of carbonyl (C=O) groups excluding carboxylic acids is 1. The standard InChI is InChI=1S/C26H22BrFN2O3/c1-3-32-24-15-19(14-23(27)25(24)33-16-18-9-11-20(28)12-10-18)13-22-17(2)29-30(26(22)31)21-7-5-4-6-8-21/h4-15H,3,16H2,1-2H3. The van der Waals surface area contributed by atoms with Gasteiger partial charge in [0.2, 0.25) is 0 Å². The molecule has 168 valence electrons. The van der Waals surface area contributed by atoms with Gasteiger partial charge in [0.05, 0.1) is 28.1 Å². The largest absolute Gasteiger partial charge is 0.490 e. The van der Waals surface area contributed by atoms with Gasteiger partial charge in [0.15, 0.2) is 11.5 Å². The normalized spacial score (nSPS) is 14.5. The van der Waals surface area contributed by atoms with Gasteiger partial charge in [0.25, 0.3) is 5.91 Å². The van der Waals surface area contributed by atoms with E-state index in [1.165, 1.54) is 17.1 Å². The Labute approximate surface area is 200 Å². The predicted octanol–water partition coefficient (Wildman–Crippen LogP) is 6.37. The maximum absolute atomic E-state index is 13.2. The van der Waals surface area contributed by atoms with Gasteiger partial charge in [-0.15, -0.1) is 0 Å². The van der Waals surface area contributed by atoms with Crippen molar-refractivity contribution in [1.29, 1.82) is 0 Å². The van der Waals surface area contributed by atoms with Gasteiger partial charge in [-0.2, -0.15) is 10.1 Å². The molecule has 0 aliphatic carbocycles. The van der Waals surface area contributed by atoms with Gasteiger partial charge in [0, 0.05) is 0 Å². The number of hydrogen-bond acceptors (Lipinski definition) is 4. The molecule has 0 N–H and O–H groups in total. The number of hydrogen-bond donors (Lipinski definition) is 0. The van der Waals surface area contributed by atoms with Crippen molar-refractivity contribution in [1.82, 2.24) is 0 Å². The van der Waals surface area contributed by atoms with Crippen LogP contribution in [0.3, 0.4) is 0 Å². The van der Waals surface area contributed by atoms with Gasteiger partial charge in [-0.1, -0.05) is 30.3 Å². The molecule has 0 saturated heterocycles. The minimum Gasteiger partial charge on any atom is -0.490 e. The second-order valence-electron chi connectivity index (χ2n) is 7.37. The van der Waals surface area contributed by atoms with Crippen LogP contribution in [0.5, 0.6) is 11.5 Å². The molecule has 0 spiro atoms. The van der Waals surface area contributed by atoms with Crippen LogP contribution >= 0.6 is 15.9 Å². The second-order valence-corrected chi connectivity index (χ2v) is 8.23. The van der Waals surface area contributed by atoms with Crippen LogP contribution in [0.4, 0.5) is 10.1 Å². The van der Waals surface area contributed by atoms with Gasteiger partial charge in [-0.3, -0.25) is 4.79 Å². The molecule has 3 aromatic rings. The number of para-hydroxylation sites is 1. The summed E-state index contributed by atoms with van der Waals surface area (Å²) < 4.78 is 25.6. The molecule has 0 unspecified atom stereocenters. The average molecular weight is 509 g/mol. The fourth-order valence-corrected chi connectivity index (χ4v) is 3.98. The maximum atomic E-state index is 13.2. The summed E-state index contributed by atoms with van der Waals surface area (Å²) in [6.07, 6.45) is 1.79. The Bertz CT molecular complexity index is 1220. The molecule has 1 aliphatic heterocycles. The average Bonchev–Trinajstić information content (AvgIpc) is 3.09. The summed E-state index contributed by atoms with van der Waals surface area (Å²) in [5, 5.41) is 5.83. The number of halogens is 2. The number of anilines is 1. The van der Waals surface area contributed by atoms with E-state index in [1.807, 2.05) is 56.3 Å². The quantitative estimate of drug-likeness (QED) is 0.348. The van der Waals surface area contributed by atoms with Crippen molar-refractivity contribution >= 4 is 39.3 Å². The van der Waals surface area contributed by atoms with Crippen molar-refractivity contribution in [3.63, 3.8) is 0 Å². The SMILES string of the molecule is CCOc1cc(C=C2C(=O)N(c3ccccc3)N=C2C)cc(Br)c1OCc1ccc(F)cc1. The van der Waals surface area contributed by atoms with Crippen LogP contribution in [0.25, 0.3) is 6.08 Å². The van der Waals surface area contributed by atoms with Crippen LogP contribution in [-0.4, -0.2) is 18.2 Å². The Balaban J connectivity index is 1.60. The van der Waals surface area contributed by atoms with Crippen LogP contribution in [0.2, 0.25) is 0 Å². The molecule has 5 nitrogen and oxygen atoms in total. The molecular formula is C26H22BrFN2O3. The molecule has 1 heterocycles. The van der Waals surface area contributed by atoms with E-state index < -0.39 is 0 Å². The molecule has 0 fully saturated rings. The Kier molecular flexibility index (Phi) is 6.89. The lowest BCUT2D eigenvalue weighted by Gasteiger charge is -2.15. The Morgan fingerprint density at radius 1 is 1.06 bits per heavy atom. The number of ether oxygens (including phenoxy) is 2. The molecule has 4 rings (SSSR count). The first-order valence-electron chi connectivity index (χ1n) is 10.5. The highest BCUT2D eigenvalue weighted by atomic mass is 79.9.